The summed E-state index contributed by atoms with van der Waals surface area (Å²) in [4.78, 5) is 19.1. The number of aromatic nitrogens is 1. The van der Waals surface area contributed by atoms with Gasteiger partial charge in [0.25, 0.3) is 5.91 Å². The molecule has 1 N–H and O–H groups in total. The van der Waals surface area contributed by atoms with Crippen LogP contribution in [0.2, 0.25) is 0 Å². The molecule has 5 nitrogen and oxygen atoms in total. The molecule has 128 valence electrons. The van der Waals surface area contributed by atoms with E-state index in [1.807, 2.05) is 24.0 Å². The largest absolute Gasteiger partial charge is 0.467 e. The second-order valence-corrected chi connectivity index (χ2v) is 6.46. The highest BCUT2D eigenvalue weighted by Gasteiger charge is 2.29. The lowest BCUT2D eigenvalue weighted by Crippen LogP contribution is -2.41. The number of hydrogen-bond donors (Lipinski definition) is 1. The molecule has 24 heavy (non-hydrogen) atoms. The number of likely N-dealkylation sites (tertiary alicyclic amines) is 1. The molecular formula is C19H24N2O3. The van der Waals surface area contributed by atoms with Crippen LogP contribution in [0.3, 0.4) is 0 Å². The first-order valence-corrected chi connectivity index (χ1v) is 8.60. The first-order valence-electron chi connectivity index (χ1n) is 8.60. The van der Waals surface area contributed by atoms with Crippen molar-refractivity contribution in [3.05, 3.63) is 53.7 Å². The fourth-order valence-corrected chi connectivity index (χ4v) is 3.30. The summed E-state index contributed by atoms with van der Waals surface area (Å²) < 4.78 is 5.30. The molecule has 2 aromatic rings. The molecule has 2 aromatic heterocycles. The van der Waals surface area contributed by atoms with E-state index in [-0.39, 0.29) is 11.9 Å². The summed E-state index contributed by atoms with van der Waals surface area (Å²) in [6, 6.07) is 7.25. The number of furan rings is 1. The molecule has 0 saturated carbocycles. The molecule has 0 aliphatic carbocycles. The Kier molecular flexibility index (Phi) is 5.30. The van der Waals surface area contributed by atoms with E-state index in [2.05, 4.69) is 4.98 Å². The third-order valence-corrected chi connectivity index (χ3v) is 4.66. The summed E-state index contributed by atoms with van der Waals surface area (Å²) in [7, 11) is 0. The van der Waals surface area contributed by atoms with Gasteiger partial charge in [-0.15, -0.1) is 0 Å². The van der Waals surface area contributed by atoms with Gasteiger partial charge in [-0.2, -0.15) is 0 Å². The van der Waals surface area contributed by atoms with Gasteiger partial charge in [-0.05, 0) is 44.0 Å². The normalized spacial score (nSPS) is 19.8. The van der Waals surface area contributed by atoms with E-state index in [0.717, 1.165) is 37.9 Å². The monoisotopic (exact) mass is 328 g/mol. The Morgan fingerprint density at radius 2 is 2.25 bits per heavy atom. The molecule has 0 radical (unpaired) electrons. The SMILES string of the molecule is Cc1ccc(C(=O)N2CCCCC[C@H]2C[C@H](O)c2ccco2)cn1. The average Bonchev–Trinajstić information content (AvgIpc) is 3.03. The predicted molar refractivity (Wildman–Crippen MR) is 90.6 cm³/mol. The van der Waals surface area contributed by atoms with Gasteiger partial charge in [-0.25, -0.2) is 0 Å². The van der Waals surface area contributed by atoms with Crippen LogP contribution >= 0.6 is 0 Å². The number of hydrogen-bond acceptors (Lipinski definition) is 4. The number of carbonyl (C=O) groups excluding carboxylic acids is 1. The maximum absolute atomic E-state index is 12.9. The van der Waals surface area contributed by atoms with E-state index in [1.54, 1.807) is 24.6 Å². The first-order chi connectivity index (χ1) is 11.6. The van der Waals surface area contributed by atoms with E-state index in [0.29, 0.717) is 17.7 Å². The smallest absolute Gasteiger partial charge is 0.255 e. The number of aryl methyl sites for hydroxylation is 1. The second-order valence-electron chi connectivity index (χ2n) is 6.46. The Balaban J connectivity index is 1.76. The van der Waals surface area contributed by atoms with Crippen LogP contribution in [0.15, 0.2) is 41.1 Å². The Hall–Kier alpha value is -2.14. The van der Waals surface area contributed by atoms with Crippen molar-refractivity contribution in [3.63, 3.8) is 0 Å². The number of rotatable bonds is 4. The van der Waals surface area contributed by atoms with Crippen LogP contribution in [0.1, 0.15) is 60.0 Å². The number of aliphatic hydroxyl groups is 1. The van der Waals surface area contributed by atoms with Gasteiger partial charge in [0.15, 0.2) is 0 Å². The Labute approximate surface area is 142 Å². The van der Waals surface area contributed by atoms with Crippen LogP contribution in [0.5, 0.6) is 0 Å². The minimum atomic E-state index is -0.686. The zero-order chi connectivity index (χ0) is 16.9. The summed E-state index contributed by atoms with van der Waals surface area (Å²) in [5.41, 5.74) is 1.51. The van der Waals surface area contributed by atoms with Crippen LogP contribution in [-0.2, 0) is 0 Å². The van der Waals surface area contributed by atoms with Gasteiger partial charge in [-0.3, -0.25) is 9.78 Å². The molecule has 5 heteroatoms. The van der Waals surface area contributed by atoms with Gasteiger partial charge in [0.2, 0.25) is 0 Å². The van der Waals surface area contributed by atoms with Crippen LogP contribution in [0.4, 0.5) is 0 Å². The lowest BCUT2D eigenvalue weighted by molar-refractivity contribution is 0.0557. The van der Waals surface area contributed by atoms with E-state index >= 15 is 0 Å². The van der Waals surface area contributed by atoms with E-state index in [4.69, 9.17) is 4.42 Å². The third-order valence-electron chi connectivity index (χ3n) is 4.66. The molecule has 1 amide bonds. The van der Waals surface area contributed by atoms with Crippen LogP contribution in [-0.4, -0.2) is 33.5 Å². The van der Waals surface area contributed by atoms with Gasteiger partial charge in [0.05, 0.1) is 11.8 Å². The van der Waals surface area contributed by atoms with Crippen LogP contribution in [0, 0.1) is 6.92 Å². The quantitative estimate of drug-likeness (QED) is 0.933. The molecule has 1 saturated heterocycles. The van der Waals surface area contributed by atoms with Gasteiger partial charge in [0, 0.05) is 30.9 Å². The molecule has 3 heterocycles. The standard InChI is InChI=1S/C19H24N2O3/c1-14-8-9-15(13-20-14)19(23)21-10-4-2-3-6-16(21)12-17(22)18-7-5-11-24-18/h5,7-9,11,13,16-17,22H,2-4,6,10,12H2,1H3/t16-,17-/m0/s1. The van der Waals surface area contributed by atoms with Gasteiger partial charge < -0.3 is 14.4 Å². The van der Waals surface area contributed by atoms with E-state index in [1.165, 1.54) is 0 Å². The molecule has 0 bridgehead atoms. The van der Waals surface area contributed by atoms with Crippen LogP contribution in [0.25, 0.3) is 0 Å². The highest BCUT2D eigenvalue weighted by molar-refractivity contribution is 5.94. The molecule has 0 aromatic carbocycles. The van der Waals surface area contributed by atoms with E-state index < -0.39 is 6.10 Å². The van der Waals surface area contributed by atoms with Crippen molar-refractivity contribution in [2.75, 3.05) is 6.54 Å². The first kappa shape index (κ1) is 16.7. The Morgan fingerprint density at radius 1 is 1.38 bits per heavy atom. The van der Waals surface area contributed by atoms with Crippen LogP contribution < -0.4 is 0 Å². The highest BCUT2D eigenvalue weighted by Crippen LogP contribution is 2.27. The summed E-state index contributed by atoms with van der Waals surface area (Å²) in [6.45, 7) is 2.63. The Morgan fingerprint density at radius 3 is 2.96 bits per heavy atom. The lowest BCUT2D eigenvalue weighted by atomic mass is 10.0. The zero-order valence-electron chi connectivity index (χ0n) is 14.0. The van der Waals surface area contributed by atoms with Crippen molar-refractivity contribution < 1.29 is 14.3 Å². The van der Waals surface area contributed by atoms with Crippen molar-refractivity contribution in [2.24, 2.45) is 0 Å². The minimum absolute atomic E-state index is 0.000967. The summed E-state index contributed by atoms with van der Waals surface area (Å²) in [6.07, 6.45) is 7.11. The number of amides is 1. The third kappa shape index (κ3) is 3.85. The molecule has 3 rings (SSSR count). The summed E-state index contributed by atoms with van der Waals surface area (Å²) >= 11 is 0. The molecule has 2 atom stereocenters. The fraction of sp³-hybridized carbons (Fsp3) is 0.474. The summed E-state index contributed by atoms with van der Waals surface area (Å²) in [5, 5.41) is 10.4. The maximum Gasteiger partial charge on any atom is 0.255 e. The fourth-order valence-electron chi connectivity index (χ4n) is 3.30. The Bertz CT molecular complexity index is 652. The number of nitrogens with zero attached hydrogens (tertiary/aromatic N) is 2. The van der Waals surface area contributed by atoms with Gasteiger partial charge >= 0.3 is 0 Å². The van der Waals surface area contributed by atoms with Crippen molar-refractivity contribution >= 4 is 5.91 Å². The number of carbonyl (C=O) groups is 1. The van der Waals surface area contributed by atoms with Gasteiger partial charge in [-0.1, -0.05) is 12.8 Å². The molecule has 0 spiro atoms. The average molecular weight is 328 g/mol. The molecule has 1 fully saturated rings. The van der Waals surface area contributed by atoms with Crippen molar-refractivity contribution in [1.29, 1.82) is 0 Å². The summed E-state index contributed by atoms with van der Waals surface area (Å²) in [5.74, 6) is 0.560. The molecular weight excluding hydrogens is 304 g/mol. The van der Waals surface area contributed by atoms with Crippen molar-refractivity contribution in [2.45, 2.75) is 51.2 Å². The number of pyridine rings is 1. The number of aliphatic hydroxyl groups excluding tert-OH is 1. The topological polar surface area (TPSA) is 66.6 Å². The van der Waals surface area contributed by atoms with Crippen molar-refractivity contribution in [3.8, 4) is 0 Å². The molecule has 1 aliphatic rings. The lowest BCUT2D eigenvalue weighted by Gasteiger charge is -2.31. The predicted octanol–water partition coefficient (Wildman–Crippen LogP) is 3.49. The highest BCUT2D eigenvalue weighted by atomic mass is 16.4. The zero-order valence-corrected chi connectivity index (χ0v) is 14.0. The maximum atomic E-state index is 12.9. The van der Waals surface area contributed by atoms with E-state index in [9.17, 15) is 9.90 Å². The molecule has 1 aliphatic heterocycles. The minimum Gasteiger partial charge on any atom is -0.467 e. The van der Waals surface area contributed by atoms with Gasteiger partial charge in [0.1, 0.15) is 11.9 Å². The second kappa shape index (κ2) is 7.62. The van der Waals surface area contributed by atoms with Crippen molar-refractivity contribution in [1.82, 2.24) is 9.88 Å². The molecule has 0 unspecified atom stereocenters.